The summed E-state index contributed by atoms with van der Waals surface area (Å²) in [7, 11) is 1.85. The number of aryl methyl sites for hydroxylation is 1. The molecule has 1 N–H and O–H groups in total. The van der Waals surface area contributed by atoms with Gasteiger partial charge in [-0.1, -0.05) is 12.8 Å². The molecule has 2 aromatic heterocycles. The number of anilines is 1. The number of hydrogen-bond donors (Lipinski definition) is 1. The maximum Gasteiger partial charge on any atom is 0.215 e. The average molecular weight is 291 g/mol. The van der Waals surface area contributed by atoms with Crippen molar-refractivity contribution >= 4 is 17.6 Å². The molecule has 20 heavy (non-hydrogen) atoms. The summed E-state index contributed by atoms with van der Waals surface area (Å²) in [6.45, 7) is 1.88. The van der Waals surface area contributed by atoms with Crippen LogP contribution in [0, 0.1) is 6.92 Å². The van der Waals surface area contributed by atoms with Crippen LogP contribution in [0.15, 0.2) is 16.2 Å². The largest absolute Gasteiger partial charge is 0.373 e. The maximum atomic E-state index is 4.43. The van der Waals surface area contributed by atoms with E-state index in [-0.39, 0.29) is 0 Å². The van der Waals surface area contributed by atoms with Gasteiger partial charge in [-0.15, -0.1) is 5.10 Å². The minimum atomic E-state index is 0.430. The Morgan fingerprint density at radius 2 is 2.10 bits per heavy atom. The van der Waals surface area contributed by atoms with Gasteiger partial charge in [0, 0.05) is 13.1 Å². The van der Waals surface area contributed by atoms with Gasteiger partial charge < -0.3 is 5.32 Å². The summed E-state index contributed by atoms with van der Waals surface area (Å²) in [5.74, 6) is 1.54. The van der Waals surface area contributed by atoms with Gasteiger partial charge in [-0.3, -0.25) is 0 Å². The van der Waals surface area contributed by atoms with Crippen molar-refractivity contribution < 1.29 is 0 Å². The monoisotopic (exact) mass is 291 g/mol. The van der Waals surface area contributed by atoms with Gasteiger partial charge in [0.2, 0.25) is 5.16 Å². The Hall–Kier alpha value is -1.70. The van der Waals surface area contributed by atoms with E-state index in [2.05, 4.69) is 30.8 Å². The molecule has 1 aliphatic carbocycles. The zero-order valence-corrected chi connectivity index (χ0v) is 12.4. The highest BCUT2D eigenvalue weighted by Crippen LogP contribution is 2.33. The molecule has 1 saturated carbocycles. The summed E-state index contributed by atoms with van der Waals surface area (Å²) in [4.78, 5) is 8.71. The van der Waals surface area contributed by atoms with Crippen LogP contribution in [0.1, 0.15) is 37.5 Å². The lowest BCUT2D eigenvalue weighted by Gasteiger charge is -2.10. The summed E-state index contributed by atoms with van der Waals surface area (Å²) in [5, 5.41) is 16.8. The van der Waals surface area contributed by atoms with Gasteiger partial charge in [0.15, 0.2) is 0 Å². The zero-order chi connectivity index (χ0) is 13.9. The van der Waals surface area contributed by atoms with Gasteiger partial charge >= 0.3 is 0 Å². The molecule has 7 nitrogen and oxygen atoms in total. The molecule has 0 spiro atoms. The first-order chi connectivity index (χ1) is 9.76. The average Bonchev–Trinajstić information content (AvgIpc) is 3.08. The molecule has 1 aliphatic rings. The predicted molar refractivity (Wildman–Crippen MR) is 75.8 cm³/mol. The van der Waals surface area contributed by atoms with E-state index in [9.17, 15) is 0 Å². The molecule has 0 amide bonds. The van der Waals surface area contributed by atoms with Crippen LogP contribution >= 0.6 is 11.8 Å². The Kier molecular flexibility index (Phi) is 3.81. The summed E-state index contributed by atoms with van der Waals surface area (Å²) in [5.41, 5.74) is 0. The van der Waals surface area contributed by atoms with E-state index in [1.165, 1.54) is 24.6 Å². The van der Waals surface area contributed by atoms with E-state index < -0.39 is 0 Å². The summed E-state index contributed by atoms with van der Waals surface area (Å²) in [6.07, 6.45) is 4.82. The Morgan fingerprint density at radius 1 is 1.30 bits per heavy atom. The van der Waals surface area contributed by atoms with Gasteiger partial charge in [-0.2, -0.15) is 0 Å². The molecule has 1 fully saturated rings. The fourth-order valence-electron chi connectivity index (χ4n) is 2.44. The molecule has 8 heteroatoms. The van der Waals surface area contributed by atoms with Crippen LogP contribution in [0.4, 0.5) is 5.82 Å². The Balaban J connectivity index is 1.84. The third-order valence-corrected chi connectivity index (χ3v) is 4.27. The molecule has 0 aromatic carbocycles. The molecule has 2 aromatic rings. The van der Waals surface area contributed by atoms with Gasteiger partial charge in [0.25, 0.3) is 0 Å². The number of nitrogens with zero attached hydrogens (tertiary/aromatic N) is 6. The van der Waals surface area contributed by atoms with Crippen molar-refractivity contribution in [3.8, 4) is 0 Å². The topological polar surface area (TPSA) is 81.4 Å². The molecule has 3 rings (SSSR count). The maximum absolute atomic E-state index is 4.43. The lowest BCUT2D eigenvalue weighted by Crippen LogP contribution is -2.08. The lowest BCUT2D eigenvalue weighted by molar-refractivity contribution is 0.423. The van der Waals surface area contributed by atoms with Crippen molar-refractivity contribution in [1.29, 1.82) is 0 Å². The van der Waals surface area contributed by atoms with E-state index in [1.807, 2.05) is 24.7 Å². The van der Waals surface area contributed by atoms with Gasteiger partial charge in [0.1, 0.15) is 16.7 Å². The third kappa shape index (κ3) is 2.74. The van der Waals surface area contributed by atoms with E-state index >= 15 is 0 Å². The first-order valence-corrected chi connectivity index (χ1v) is 7.57. The molecule has 0 radical (unpaired) electrons. The Bertz CT molecular complexity index is 591. The number of rotatable bonds is 4. The number of aromatic nitrogens is 6. The third-order valence-electron chi connectivity index (χ3n) is 3.40. The number of hydrogen-bond acceptors (Lipinski definition) is 7. The first kappa shape index (κ1) is 13.3. The molecule has 0 aliphatic heterocycles. The fraction of sp³-hybridized carbons (Fsp3) is 0.583. The molecular formula is C12H17N7S. The molecule has 0 unspecified atom stereocenters. The molecule has 0 bridgehead atoms. The van der Waals surface area contributed by atoms with Crippen LogP contribution in [0.3, 0.4) is 0 Å². The van der Waals surface area contributed by atoms with Gasteiger partial charge in [-0.25, -0.2) is 14.6 Å². The van der Waals surface area contributed by atoms with Crippen molar-refractivity contribution in [2.45, 2.75) is 48.8 Å². The van der Waals surface area contributed by atoms with Crippen molar-refractivity contribution in [3.63, 3.8) is 0 Å². The second kappa shape index (κ2) is 5.74. The fourth-order valence-corrected chi connectivity index (χ4v) is 3.34. The van der Waals surface area contributed by atoms with Gasteiger partial charge in [-0.05, 0) is 42.0 Å². The summed E-state index contributed by atoms with van der Waals surface area (Å²) < 4.78 is 1.94. The van der Waals surface area contributed by atoms with Gasteiger partial charge in [0.05, 0.1) is 6.04 Å². The second-order valence-electron chi connectivity index (χ2n) is 4.84. The Labute approximate surface area is 121 Å². The molecular weight excluding hydrogens is 274 g/mol. The smallest absolute Gasteiger partial charge is 0.215 e. The van der Waals surface area contributed by atoms with E-state index in [4.69, 9.17) is 0 Å². The standard InChI is InChI=1S/C12H17N7S/c1-8-14-10(13-2)7-11(15-8)20-12-16-17-18-19(12)9-5-3-4-6-9/h7,9H,3-6H2,1-2H3,(H,13,14,15). The zero-order valence-electron chi connectivity index (χ0n) is 11.6. The van der Waals surface area contributed by atoms with Crippen molar-refractivity contribution in [3.05, 3.63) is 11.9 Å². The molecule has 0 atom stereocenters. The minimum Gasteiger partial charge on any atom is -0.373 e. The quantitative estimate of drug-likeness (QED) is 0.864. The lowest BCUT2D eigenvalue weighted by atomic mass is 10.3. The molecule has 0 saturated heterocycles. The van der Waals surface area contributed by atoms with E-state index in [1.54, 1.807) is 0 Å². The second-order valence-corrected chi connectivity index (χ2v) is 5.82. The van der Waals surface area contributed by atoms with Crippen molar-refractivity contribution in [1.82, 2.24) is 30.2 Å². The van der Waals surface area contributed by atoms with Crippen molar-refractivity contribution in [2.24, 2.45) is 0 Å². The van der Waals surface area contributed by atoms with Crippen LogP contribution in [-0.4, -0.2) is 37.2 Å². The van der Waals surface area contributed by atoms with Crippen molar-refractivity contribution in [2.75, 3.05) is 12.4 Å². The van der Waals surface area contributed by atoms with Crippen LogP contribution in [0.25, 0.3) is 0 Å². The normalized spacial score (nSPS) is 15.7. The number of tetrazole rings is 1. The minimum absolute atomic E-state index is 0.430. The van der Waals surface area contributed by atoms with Crippen LogP contribution < -0.4 is 5.32 Å². The molecule has 106 valence electrons. The number of nitrogens with one attached hydrogen (secondary N) is 1. The highest BCUT2D eigenvalue weighted by molar-refractivity contribution is 7.99. The summed E-state index contributed by atoms with van der Waals surface area (Å²) >= 11 is 1.49. The highest BCUT2D eigenvalue weighted by atomic mass is 32.2. The van der Waals surface area contributed by atoms with E-state index in [0.29, 0.717) is 6.04 Å². The first-order valence-electron chi connectivity index (χ1n) is 6.75. The predicted octanol–water partition coefficient (Wildman–Crippen LogP) is 2.08. The summed E-state index contributed by atoms with van der Waals surface area (Å²) in [6, 6.07) is 2.34. The Morgan fingerprint density at radius 3 is 2.85 bits per heavy atom. The van der Waals surface area contributed by atoms with Crippen LogP contribution in [0.2, 0.25) is 0 Å². The van der Waals surface area contributed by atoms with Crippen LogP contribution in [0.5, 0.6) is 0 Å². The highest BCUT2D eigenvalue weighted by Gasteiger charge is 2.22. The SMILES string of the molecule is CNc1cc(Sc2nnnn2C2CCCC2)nc(C)n1. The van der Waals surface area contributed by atoms with E-state index in [0.717, 1.165) is 34.7 Å². The van der Waals surface area contributed by atoms with Crippen LogP contribution in [-0.2, 0) is 0 Å². The molecule has 2 heterocycles.